The van der Waals surface area contributed by atoms with Crippen LogP contribution in [0.3, 0.4) is 0 Å². The van der Waals surface area contributed by atoms with Gasteiger partial charge in [-0.05, 0) is 18.2 Å². The minimum atomic E-state index is 0.00768. The third-order valence-corrected chi connectivity index (χ3v) is 2.89. The molecule has 92 valence electrons. The van der Waals surface area contributed by atoms with E-state index in [0.29, 0.717) is 26.2 Å². The number of hydrogen-bond acceptors (Lipinski definition) is 3. The molecule has 0 bridgehead atoms. The van der Waals surface area contributed by atoms with Gasteiger partial charge in [0.2, 0.25) is 5.91 Å². The molecule has 1 saturated heterocycles. The fourth-order valence-electron chi connectivity index (χ4n) is 1.44. The number of carbonyl (C=O) groups excluding carboxylic acids is 1. The maximum atomic E-state index is 11.4. The highest BCUT2D eigenvalue weighted by molar-refractivity contribution is 9.10. The normalized spacial score (nSPS) is 15.1. The van der Waals surface area contributed by atoms with Gasteiger partial charge < -0.3 is 14.8 Å². The molecule has 1 aliphatic heterocycles. The number of carbonyl (C=O) groups is 1. The van der Waals surface area contributed by atoms with Crippen molar-refractivity contribution < 1.29 is 14.3 Å². The Hall–Kier alpha value is -1.07. The molecule has 1 aromatic carbocycles. The van der Waals surface area contributed by atoms with E-state index < -0.39 is 0 Å². The lowest BCUT2D eigenvalue weighted by Crippen LogP contribution is -2.48. The summed E-state index contributed by atoms with van der Waals surface area (Å²) in [7, 11) is 0. The fourth-order valence-corrected chi connectivity index (χ4v) is 1.82. The van der Waals surface area contributed by atoms with Crippen LogP contribution < -0.4 is 10.1 Å². The highest BCUT2D eigenvalue weighted by atomic mass is 79.9. The van der Waals surface area contributed by atoms with Gasteiger partial charge in [0.05, 0.1) is 32.3 Å². The summed E-state index contributed by atoms with van der Waals surface area (Å²) >= 11 is 3.36. The van der Waals surface area contributed by atoms with Crippen LogP contribution in [0.4, 0.5) is 0 Å². The van der Waals surface area contributed by atoms with Crippen LogP contribution in [0.1, 0.15) is 6.42 Å². The Morgan fingerprint density at radius 2 is 2.35 bits per heavy atom. The average molecular weight is 300 g/mol. The first kappa shape index (κ1) is 12.4. The lowest BCUT2D eigenvalue weighted by molar-refractivity contribution is -0.125. The number of hydrogen-bond donors (Lipinski definition) is 1. The quantitative estimate of drug-likeness (QED) is 0.901. The van der Waals surface area contributed by atoms with Gasteiger partial charge >= 0.3 is 0 Å². The topological polar surface area (TPSA) is 47.6 Å². The third-order valence-electron chi connectivity index (χ3n) is 2.40. The molecule has 2 rings (SSSR count). The van der Waals surface area contributed by atoms with E-state index >= 15 is 0 Å². The molecule has 1 amide bonds. The van der Waals surface area contributed by atoms with Gasteiger partial charge in [-0.3, -0.25) is 4.79 Å². The summed E-state index contributed by atoms with van der Waals surface area (Å²) < 4.78 is 11.4. The molecule has 0 unspecified atom stereocenters. The zero-order valence-corrected chi connectivity index (χ0v) is 10.9. The summed E-state index contributed by atoms with van der Waals surface area (Å²) in [6.07, 6.45) is 0.364. The number of benzene rings is 1. The summed E-state index contributed by atoms with van der Waals surface area (Å²) in [5, 5.41) is 2.86. The molecule has 0 aliphatic carbocycles. The number of nitrogens with one attached hydrogen (secondary N) is 1. The van der Waals surface area contributed by atoms with Gasteiger partial charge in [-0.1, -0.05) is 22.0 Å². The molecule has 0 atom stereocenters. The second kappa shape index (κ2) is 6.02. The van der Waals surface area contributed by atoms with Gasteiger partial charge in [0.25, 0.3) is 0 Å². The predicted octanol–water partition coefficient (Wildman–Crippen LogP) is 1.73. The van der Waals surface area contributed by atoms with E-state index in [1.54, 1.807) is 0 Å². The number of ether oxygens (including phenoxy) is 2. The molecular formula is C12H14BrNO3. The monoisotopic (exact) mass is 299 g/mol. The molecule has 1 aliphatic rings. The third kappa shape index (κ3) is 4.02. The summed E-state index contributed by atoms with van der Waals surface area (Å²) in [5.41, 5.74) is 0. The van der Waals surface area contributed by atoms with Crippen molar-refractivity contribution in [1.29, 1.82) is 0 Å². The van der Waals surface area contributed by atoms with Gasteiger partial charge in [0.1, 0.15) is 5.75 Å². The first-order valence-corrected chi connectivity index (χ1v) is 6.29. The van der Waals surface area contributed by atoms with Crippen LogP contribution in [0.15, 0.2) is 28.7 Å². The molecule has 1 fully saturated rings. The second-order valence-corrected chi connectivity index (χ2v) is 4.77. The van der Waals surface area contributed by atoms with Crippen molar-refractivity contribution in [2.75, 3.05) is 19.8 Å². The minimum absolute atomic E-state index is 0.00768. The Morgan fingerprint density at radius 3 is 3.00 bits per heavy atom. The molecule has 4 nitrogen and oxygen atoms in total. The lowest BCUT2D eigenvalue weighted by Gasteiger charge is -2.26. The van der Waals surface area contributed by atoms with Gasteiger partial charge in [-0.2, -0.15) is 0 Å². The van der Waals surface area contributed by atoms with E-state index in [1.165, 1.54) is 0 Å². The standard InChI is InChI=1S/C12H14BrNO3/c13-9-2-1-3-11(6-9)17-5-4-12(15)14-10-7-16-8-10/h1-3,6,10H,4-5,7-8H2,(H,14,15). The molecule has 5 heteroatoms. The van der Waals surface area contributed by atoms with Crippen molar-refractivity contribution in [3.05, 3.63) is 28.7 Å². The van der Waals surface area contributed by atoms with Crippen LogP contribution in [0, 0.1) is 0 Å². The molecule has 1 aromatic rings. The van der Waals surface area contributed by atoms with Gasteiger partial charge in [0.15, 0.2) is 0 Å². The SMILES string of the molecule is O=C(CCOc1cccc(Br)c1)NC1COC1. The Morgan fingerprint density at radius 1 is 1.53 bits per heavy atom. The van der Waals surface area contributed by atoms with E-state index in [2.05, 4.69) is 21.2 Å². The highest BCUT2D eigenvalue weighted by Crippen LogP contribution is 2.17. The maximum absolute atomic E-state index is 11.4. The van der Waals surface area contributed by atoms with Gasteiger partial charge in [-0.25, -0.2) is 0 Å². The van der Waals surface area contributed by atoms with E-state index in [9.17, 15) is 4.79 Å². The van der Waals surface area contributed by atoms with Crippen molar-refractivity contribution in [3.63, 3.8) is 0 Å². The predicted molar refractivity (Wildman–Crippen MR) is 67.0 cm³/mol. The van der Waals surface area contributed by atoms with Crippen molar-refractivity contribution in [2.45, 2.75) is 12.5 Å². The van der Waals surface area contributed by atoms with Crippen LogP contribution in [0.5, 0.6) is 5.75 Å². The van der Waals surface area contributed by atoms with E-state index in [1.807, 2.05) is 24.3 Å². The Labute approximate surface area is 108 Å². The number of amides is 1. The zero-order valence-electron chi connectivity index (χ0n) is 9.32. The van der Waals surface area contributed by atoms with Crippen LogP contribution in [0.2, 0.25) is 0 Å². The van der Waals surface area contributed by atoms with Crippen molar-refractivity contribution >= 4 is 21.8 Å². The lowest BCUT2D eigenvalue weighted by atomic mass is 10.2. The van der Waals surface area contributed by atoms with Gasteiger partial charge in [0, 0.05) is 4.47 Å². The summed E-state index contributed by atoms with van der Waals surface area (Å²) in [6.45, 7) is 1.63. The van der Waals surface area contributed by atoms with Crippen LogP contribution in [0.25, 0.3) is 0 Å². The Kier molecular flexibility index (Phi) is 4.39. The smallest absolute Gasteiger partial charge is 0.223 e. The average Bonchev–Trinajstić information content (AvgIpc) is 2.24. The number of rotatable bonds is 5. The second-order valence-electron chi connectivity index (χ2n) is 3.86. The van der Waals surface area contributed by atoms with Crippen LogP contribution in [-0.4, -0.2) is 31.8 Å². The van der Waals surface area contributed by atoms with Crippen molar-refractivity contribution in [3.8, 4) is 5.75 Å². The van der Waals surface area contributed by atoms with Gasteiger partial charge in [-0.15, -0.1) is 0 Å². The Bertz CT molecular complexity index is 393. The van der Waals surface area contributed by atoms with E-state index in [-0.39, 0.29) is 11.9 Å². The zero-order chi connectivity index (χ0) is 12.1. The Balaban J connectivity index is 1.66. The molecule has 1 heterocycles. The molecule has 17 heavy (non-hydrogen) atoms. The fraction of sp³-hybridized carbons (Fsp3) is 0.417. The van der Waals surface area contributed by atoms with Crippen LogP contribution in [-0.2, 0) is 9.53 Å². The van der Waals surface area contributed by atoms with Crippen LogP contribution >= 0.6 is 15.9 Å². The summed E-state index contributed by atoms with van der Waals surface area (Å²) in [6, 6.07) is 7.75. The summed E-state index contributed by atoms with van der Waals surface area (Å²) in [5.74, 6) is 0.771. The molecular weight excluding hydrogens is 286 g/mol. The maximum Gasteiger partial charge on any atom is 0.223 e. The van der Waals surface area contributed by atoms with Crippen molar-refractivity contribution in [2.24, 2.45) is 0 Å². The van der Waals surface area contributed by atoms with E-state index in [4.69, 9.17) is 9.47 Å². The van der Waals surface area contributed by atoms with E-state index in [0.717, 1.165) is 10.2 Å². The molecule has 0 saturated carbocycles. The first-order valence-electron chi connectivity index (χ1n) is 5.49. The molecule has 0 radical (unpaired) electrons. The minimum Gasteiger partial charge on any atom is -0.493 e. The largest absolute Gasteiger partial charge is 0.493 e. The first-order chi connectivity index (χ1) is 8.24. The molecule has 1 N–H and O–H groups in total. The summed E-state index contributed by atoms with van der Waals surface area (Å²) in [4.78, 5) is 11.4. The highest BCUT2D eigenvalue weighted by Gasteiger charge is 2.19. The molecule has 0 aromatic heterocycles. The van der Waals surface area contributed by atoms with Crippen molar-refractivity contribution in [1.82, 2.24) is 5.32 Å². The number of halogens is 1. The molecule has 0 spiro atoms.